The summed E-state index contributed by atoms with van der Waals surface area (Å²) in [6.45, 7) is 18.8. The lowest BCUT2D eigenvalue weighted by Gasteiger charge is -2.30. The Kier molecular flexibility index (Phi) is 52.6. The summed E-state index contributed by atoms with van der Waals surface area (Å²) in [4.78, 5) is 8.63. The minimum Gasteiger partial charge on any atom is -0.303 e. The van der Waals surface area contributed by atoms with E-state index in [1.165, 1.54) is 348 Å². The average Bonchev–Trinajstić information content (AvgIpc) is 3.32. The Morgan fingerprint density at radius 3 is 0.576 bits per heavy atom. The van der Waals surface area contributed by atoms with Crippen LogP contribution in [0.4, 0.5) is 0 Å². The highest BCUT2D eigenvalue weighted by molar-refractivity contribution is 4.83. The van der Waals surface area contributed by atoms with Gasteiger partial charge in [-0.2, -0.15) is 0 Å². The topological polar surface area (TPSA) is 9.72 Å². The van der Waals surface area contributed by atoms with Crippen LogP contribution >= 0.6 is 0 Å². The van der Waals surface area contributed by atoms with Gasteiger partial charge < -0.3 is 14.7 Å². The molecule has 0 N–H and O–H groups in total. The van der Waals surface area contributed by atoms with Gasteiger partial charge in [0.05, 0.1) is 0 Å². The van der Waals surface area contributed by atoms with Crippen LogP contribution in [0.5, 0.6) is 0 Å². The average molecular weight is 923 g/mol. The van der Waals surface area contributed by atoms with Gasteiger partial charge in [-0.3, -0.25) is 0 Å². The Labute approximate surface area is 418 Å². The van der Waals surface area contributed by atoms with Crippen LogP contribution in [-0.4, -0.2) is 73.6 Å². The van der Waals surface area contributed by atoms with Crippen LogP contribution in [0.2, 0.25) is 0 Å². The molecule has 0 aromatic rings. The smallest absolute Gasteiger partial charge is 0.000654 e. The summed E-state index contributed by atoms with van der Waals surface area (Å²) >= 11 is 0. The van der Waals surface area contributed by atoms with Crippen LogP contribution < -0.4 is 0 Å². The normalized spacial score (nSPS) is 15.5. The maximum absolute atomic E-state index is 2.88. The number of rotatable bonds is 48. The van der Waals surface area contributed by atoms with Gasteiger partial charge in [-0.1, -0.05) is 231 Å². The summed E-state index contributed by atoms with van der Waals surface area (Å²) in [5.74, 6) is 0. The molecule has 1 saturated heterocycles. The third-order valence-corrected chi connectivity index (χ3v) is 14.8. The second kappa shape index (κ2) is 55.0. The molecule has 0 aromatic heterocycles. The maximum Gasteiger partial charge on any atom is -0.000654 e. The number of allylic oxidation sites excluding steroid dienone is 6. The van der Waals surface area contributed by atoms with Gasteiger partial charge in [0.25, 0.3) is 0 Å². The fourth-order valence-corrected chi connectivity index (χ4v) is 10.3. The highest BCUT2D eigenvalue weighted by Gasteiger charge is 2.13. The van der Waals surface area contributed by atoms with Crippen molar-refractivity contribution < 1.29 is 0 Å². The fourth-order valence-electron chi connectivity index (χ4n) is 10.3. The minimum atomic E-state index is 1.30. The summed E-state index contributed by atoms with van der Waals surface area (Å²) in [7, 11) is 0. The summed E-state index contributed by atoms with van der Waals surface area (Å²) in [6, 6.07) is 0. The molecule has 3 heteroatoms. The molecule has 1 fully saturated rings. The highest BCUT2D eigenvalue weighted by Crippen LogP contribution is 2.15. The molecule has 1 aliphatic rings. The molecule has 0 amide bonds. The maximum atomic E-state index is 2.88. The van der Waals surface area contributed by atoms with Gasteiger partial charge in [0, 0.05) is 0 Å². The molecular formula is C63H123N3. The monoisotopic (exact) mass is 922 g/mol. The summed E-state index contributed by atoms with van der Waals surface area (Å²) in [5.41, 5.74) is 0. The van der Waals surface area contributed by atoms with Crippen LogP contribution in [0.15, 0.2) is 36.5 Å². The van der Waals surface area contributed by atoms with Gasteiger partial charge in [-0.15, -0.1) is 0 Å². The predicted molar refractivity (Wildman–Crippen MR) is 302 cm³/mol. The Morgan fingerprint density at radius 2 is 0.379 bits per heavy atom. The highest BCUT2D eigenvalue weighted by atomic mass is 15.2. The summed E-state index contributed by atoms with van der Waals surface area (Å²) < 4.78 is 0. The van der Waals surface area contributed by atoms with Gasteiger partial charge >= 0.3 is 0 Å². The van der Waals surface area contributed by atoms with Crippen LogP contribution in [0.3, 0.4) is 0 Å². The largest absolute Gasteiger partial charge is 0.303 e. The van der Waals surface area contributed by atoms with E-state index in [1.54, 1.807) is 0 Å². The summed E-state index contributed by atoms with van der Waals surface area (Å²) in [5, 5.41) is 0. The van der Waals surface area contributed by atoms with Crippen molar-refractivity contribution >= 4 is 0 Å². The lowest BCUT2D eigenvalue weighted by atomic mass is 10.1. The first-order valence-electron chi connectivity index (χ1n) is 30.9. The molecule has 0 atom stereocenters. The molecule has 0 unspecified atom stereocenters. The van der Waals surface area contributed by atoms with E-state index in [0.29, 0.717) is 0 Å². The van der Waals surface area contributed by atoms with Gasteiger partial charge in [0.1, 0.15) is 0 Å². The van der Waals surface area contributed by atoms with E-state index in [4.69, 9.17) is 0 Å². The van der Waals surface area contributed by atoms with Gasteiger partial charge in [0.15, 0.2) is 0 Å². The molecule has 3 nitrogen and oxygen atoms in total. The molecule has 0 radical (unpaired) electrons. The molecule has 1 aliphatic heterocycles. The van der Waals surface area contributed by atoms with Crippen LogP contribution in [-0.2, 0) is 0 Å². The number of hydrogen-bond acceptors (Lipinski definition) is 3. The van der Waals surface area contributed by atoms with Crippen molar-refractivity contribution in [2.24, 2.45) is 0 Å². The van der Waals surface area contributed by atoms with E-state index in [0.717, 1.165) is 0 Å². The first-order valence-corrected chi connectivity index (χ1v) is 30.9. The molecule has 0 saturated carbocycles. The van der Waals surface area contributed by atoms with Gasteiger partial charge in [-0.25, -0.2) is 0 Å². The van der Waals surface area contributed by atoms with Crippen molar-refractivity contribution in [3.63, 3.8) is 0 Å². The fraction of sp³-hybridized carbons (Fsp3) is 0.905. The van der Waals surface area contributed by atoms with Crippen LogP contribution in [0, 0.1) is 0 Å². The summed E-state index contributed by atoms with van der Waals surface area (Å²) in [6.07, 6.45) is 77.6. The number of unbranched alkanes of at least 4 members (excludes halogenated alkanes) is 36. The van der Waals surface area contributed by atoms with E-state index in [2.05, 4.69) is 71.9 Å². The molecule has 0 bridgehead atoms. The zero-order chi connectivity index (χ0) is 47.2. The quantitative estimate of drug-likeness (QED) is 0.0445. The van der Waals surface area contributed by atoms with Gasteiger partial charge in [0.2, 0.25) is 0 Å². The minimum absolute atomic E-state index is 1.30. The second-order valence-electron chi connectivity index (χ2n) is 21.4. The molecule has 1 rings (SSSR count). The van der Waals surface area contributed by atoms with Crippen molar-refractivity contribution in [2.45, 2.75) is 310 Å². The SMILES string of the molecule is CCCCCCCC/C=C/CCCCCCCCN1CCCN(CCCCCCCC/C=C/CCCCCCCC)CCCN(CCCCCCCC/C=C/CCCCCCCC)CCC1. The van der Waals surface area contributed by atoms with Crippen LogP contribution in [0.1, 0.15) is 310 Å². The van der Waals surface area contributed by atoms with Crippen molar-refractivity contribution in [3.8, 4) is 0 Å². The molecule has 66 heavy (non-hydrogen) atoms. The molecule has 1 heterocycles. The molecule has 0 aliphatic carbocycles. The molecule has 390 valence electrons. The van der Waals surface area contributed by atoms with E-state index in [1.807, 2.05) is 0 Å². The number of nitrogens with zero attached hydrogens (tertiary/aromatic N) is 3. The Bertz CT molecular complexity index is 851. The Balaban J connectivity index is 2.38. The number of hydrogen-bond donors (Lipinski definition) is 0. The zero-order valence-electron chi connectivity index (χ0n) is 46.0. The molecule has 0 aromatic carbocycles. The van der Waals surface area contributed by atoms with Crippen LogP contribution in [0.25, 0.3) is 0 Å². The third kappa shape index (κ3) is 48.1. The lowest BCUT2D eigenvalue weighted by molar-refractivity contribution is 0.177. The van der Waals surface area contributed by atoms with Gasteiger partial charge in [-0.05, 0) is 174 Å². The lowest BCUT2D eigenvalue weighted by Crippen LogP contribution is -2.37. The Hall–Kier alpha value is -0.900. The van der Waals surface area contributed by atoms with E-state index < -0.39 is 0 Å². The van der Waals surface area contributed by atoms with Crippen molar-refractivity contribution in [1.82, 2.24) is 14.7 Å². The predicted octanol–water partition coefficient (Wildman–Crippen LogP) is 20.2. The Morgan fingerprint density at radius 1 is 0.212 bits per heavy atom. The van der Waals surface area contributed by atoms with Crippen molar-refractivity contribution in [2.75, 3.05) is 58.9 Å². The first kappa shape index (κ1) is 63.1. The first-order chi connectivity index (χ1) is 32.8. The van der Waals surface area contributed by atoms with E-state index in [-0.39, 0.29) is 0 Å². The molecular weight excluding hydrogens is 799 g/mol. The second-order valence-corrected chi connectivity index (χ2v) is 21.4. The van der Waals surface area contributed by atoms with E-state index in [9.17, 15) is 0 Å². The van der Waals surface area contributed by atoms with Crippen molar-refractivity contribution in [1.29, 1.82) is 0 Å². The zero-order valence-corrected chi connectivity index (χ0v) is 46.0. The standard InChI is InChI=1S/C63H123N3/c1-4-7-10-13-16-19-22-25-28-31-34-37-40-43-46-49-55-64-58-52-60-65(56-50-47-44-41-38-35-32-29-26-23-20-17-14-11-8-5-2)62-54-63-66(61-53-59-64)57-51-48-45-42-39-36-33-30-27-24-21-18-15-12-9-6-3/h25-30H,4-24,31-63H2,1-3H3/b28-25+,29-26+,30-27+. The third-order valence-electron chi connectivity index (χ3n) is 14.8. The van der Waals surface area contributed by atoms with E-state index >= 15 is 0 Å². The van der Waals surface area contributed by atoms with Crippen molar-refractivity contribution in [3.05, 3.63) is 36.5 Å². The molecule has 0 spiro atoms.